The van der Waals surface area contributed by atoms with E-state index in [1.54, 1.807) is 0 Å². The molecule has 0 saturated carbocycles. The van der Waals surface area contributed by atoms with Crippen LogP contribution < -0.4 is 0 Å². The van der Waals surface area contributed by atoms with Crippen LogP contribution in [0.15, 0.2) is 40.9 Å². The van der Waals surface area contributed by atoms with Crippen molar-refractivity contribution in [3.63, 3.8) is 0 Å². The van der Waals surface area contributed by atoms with Gasteiger partial charge in [-0.3, -0.25) is 0 Å². The molecule has 0 fully saturated rings. The van der Waals surface area contributed by atoms with Gasteiger partial charge in [-0.15, -0.1) is 11.6 Å². The Hall–Kier alpha value is -1.14. The fourth-order valence-corrected chi connectivity index (χ4v) is 2.51. The van der Waals surface area contributed by atoms with Gasteiger partial charge in [-0.1, -0.05) is 18.2 Å². The lowest BCUT2D eigenvalue weighted by molar-refractivity contribution is -0.140. The molecule has 21 heavy (non-hydrogen) atoms. The summed E-state index contributed by atoms with van der Waals surface area (Å²) in [6.45, 7) is 0. The van der Waals surface area contributed by atoms with Crippen LogP contribution in [0.3, 0.4) is 0 Å². The van der Waals surface area contributed by atoms with Crippen LogP contribution in [0.25, 0.3) is 0 Å². The largest absolute Gasteiger partial charge is 0.419 e. The Kier molecular flexibility index (Phi) is 4.58. The van der Waals surface area contributed by atoms with E-state index in [-0.39, 0.29) is 15.6 Å². The summed E-state index contributed by atoms with van der Waals surface area (Å²) in [5.41, 5.74) is -1.42. The fourth-order valence-electron chi connectivity index (χ4n) is 1.81. The molecular formula is C14H7BrClF5. The summed E-state index contributed by atoms with van der Waals surface area (Å²) in [7, 11) is 0. The Morgan fingerprint density at radius 2 is 1.71 bits per heavy atom. The lowest BCUT2D eigenvalue weighted by Crippen LogP contribution is -2.11. The Labute approximate surface area is 130 Å². The first-order valence-corrected chi connectivity index (χ1v) is 6.89. The smallest absolute Gasteiger partial charge is 0.206 e. The highest BCUT2D eigenvalue weighted by atomic mass is 79.9. The van der Waals surface area contributed by atoms with Gasteiger partial charge in [0.25, 0.3) is 0 Å². The van der Waals surface area contributed by atoms with E-state index in [1.807, 2.05) is 0 Å². The van der Waals surface area contributed by atoms with E-state index >= 15 is 0 Å². The standard InChI is InChI=1S/C14H7BrClF5/c15-10-6-7(4-5-11(10)17)12(16)8-2-1-3-9(13(8)18)14(19,20)21/h1-6,12H. The summed E-state index contributed by atoms with van der Waals surface area (Å²) < 4.78 is 65.3. The van der Waals surface area contributed by atoms with E-state index in [0.29, 0.717) is 6.07 Å². The molecular weight excluding hydrogens is 379 g/mol. The van der Waals surface area contributed by atoms with Gasteiger partial charge in [-0.25, -0.2) is 8.78 Å². The molecule has 0 bridgehead atoms. The molecule has 0 aromatic heterocycles. The molecule has 2 rings (SSSR count). The van der Waals surface area contributed by atoms with E-state index in [1.165, 1.54) is 18.2 Å². The molecule has 0 radical (unpaired) electrons. The van der Waals surface area contributed by atoms with E-state index in [0.717, 1.165) is 12.1 Å². The predicted molar refractivity (Wildman–Crippen MR) is 73.2 cm³/mol. The lowest BCUT2D eigenvalue weighted by atomic mass is 10.0. The molecule has 2 aromatic carbocycles. The molecule has 0 aliphatic carbocycles. The zero-order valence-corrected chi connectivity index (χ0v) is 12.5. The zero-order valence-electron chi connectivity index (χ0n) is 10.2. The van der Waals surface area contributed by atoms with Crippen molar-refractivity contribution in [2.45, 2.75) is 11.6 Å². The molecule has 0 aliphatic rings. The Morgan fingerprint density at radius 1 is 1.05 bits per heavy atom. The average molecular weight is 386 g/mol. The molecule has 0 N–H and O–H groups in total. The maximum absolute atomic E-state index is 14.0. The van der Waals surface area contributed by atoms with Crippen molar-refractivity contribution in [2.75, 3.05) is 0 Å². The molecule has 0 aliphatic heterocycles. The molecule has 0 amide bonds. The van der Waals surface area contributed by atoms with E-state index in [2.05, 4.69) is 15.9 Å². The van der Waals surface area contributed by atoms with Gasteiger partial charge in [0.15, 0.2) is 0 Å². The van der Waals surface area contributed by atoms with E-state index < -0.39 is 28.8 Å². The van der Waals surface area contributed by atoms with Crippen molar-refractivity contribution >= 4 is 27.5 Å². The first-order valence-electron chi connectivity index (χ1n) is 5.66. The van der Waals surface area contributed by atoms with Crippen molar-refractivity contribution in [1.82, 2.24) is 0 Å². The van der Waals surface area contributed by atoms with Crippen LogP contribution in [-0.2, 0) is 6.18 Å². The van der Waals surface area contributed by atoms with Crippen LogP contribution in [0.1, 0.15) is 22.1 Å². The van der Waals surface area contributed by atoms with E-state index in [9.17, 15) is 22.0 Å². The number of hydrogen-bond acceptors (Lipinski definition) is 0. The molecule has 1 atom stereocenters. The number of alkyl halides is 4. The van der Waals surface area contributed by atoms with Crippen LogP contribution >= 0.6 is 27.5 Å². The third-order valence-electron chi connectivity index (χ3n) is 2.84. The Balaban J connectivity index is 2.48. The van der Waals surface area contributed by atoms with Gasteiger partial charge in [-0.2, -0.15) is 13.2 Å². The minimum atomic E-state index is -4.81. The van der Waals surface area contributed by atoms with Crippen molar-refractivity contribution in [2.24, 2.45) is 0 Å². The topological polar surface area (TPSA) is 0 Å². The van der Waals surface area contributed by atoms with Crippen LogP contribution in [0, 0.1) is 11.6 Å². The van der Waals surface area contributed by atoms with Crippen molar-refractivity contribution in [3.8, 4) is 0 Å². The molecule has 0 saturated heterocycles. The third kappa shape index (κ3) is 3.37. The first-order chi connectivity index (χ1) is 9.71. The van der Waals surface area contributed by atoms with Crippen LogP contribution in [-0.4, -0.2) is 0 Å². The minimum absolute atomic E-state index is 0.0954. The number of benzene rings is 2. The van der Waals surface area contributed by atoms with Gasteiger partial charge >= 0.3 is 6.18 Å². The van der Waals surface area contributed by atoms with Gasteiger partial charge in [0.1, 0.15) is 11.6 Å². The third-order valence-corrected chi connectivity index (χ3v) is 3.94. The SMILES string of the molecule is Fc1ccc(C(Cl)c2cccc(C(F)(F)F)c2F)cc1Br. The molecule has 7 heteroatoms. The summed E-state index contributed by atoms with van der Waals surface area (Å²) in [5, 5.41) is -1.16. The summed E-state index contributed by atoms with van der Waals surface area (Å²) in [5.74, 6) is -1.97. The minimum Gasteiger partial charge on any atom is -0.206 e. The monoisotopic (exact) mass is 384 g/mol. The fraction of sp³-hybridized carbons (Fsp3) is 0.143. The van der Waals surface area contributed by atoms with Gasteiger partial charge in [-0.05, 0) is 39.7 Å². The highest BCUT2D eigenvalue weighted by molar-refractivity contribution is 9.10. The summed E-state index contributed by atoms with van der Waals surface area (Å²) in [6.07, 6.45) is -4.81. The van der Waals surface area contributed by atoms with Crippen molar-refractivity contribution < 1.29 is 22.0 Å². The summed E-state index contributed by atoms with van der Waals surface area (Å²) in [6, 6.07) is 6.57. The maximum atomic E-state index is 14.0. The second kappa shape index (κ2) is 5.93. The second-order valence-electron chi connectivity index (χ2n) is 4.24. The maximum Gasteiger partial charge on any atom is 0.419 e. The molecule has 1 unspecified atom stereocenters. The predicted octanol–water partition coefficient (Wildman–Crippen LogP) is 6.07. The summed E-state index contributed by atoms with van der Waals surface area (Å²) in [4.78, 5) is 0. The normalized spacial score (nSPS) is 13.3. The molecule has 2 aromatic rings. The Morgan fingerprint density at radius 3 is 2.29 bits per heavy atom. The van der Waals surface area contributed by atoms with Gasteiger partial charge < -0.3 is 0 Å². The van der Waals surface area contributed by atoms with E-state index in [4.69, 9.17) is 11.6 Å². The zero-order chi connectivity index (χ0) is 15.8. The second-order valence-corrected chi connectivity index (χ2v) is 5.53. The molecule has 0 heterocycles. The summed E-state index contributed by atoms with van der Waals surface area (Å²) >= 11 is 8.98. The van der Waals surface area contributed by atoms with Crippen LogP contribution in [0.4, 0.5) is 22.0 Å². The van der Waals surface area contributed by atoms with Gasteiger partial charge in [0, 0.05) is 5.56 Å². The highest BCUT2D eigenvalue weighted by Gasteiger charge is 2.35. The number of hydrogen-bond donors (Lipinski definition) is 0. The molecule has 0 spiro atoms. The Bertz CT molecular complexity index is 669. The number of rotatable bonds is 2. The number of halogens is 7. The van der Waals surface area contributed by atoms with Crippen LogP contribution in [0.2, 0.25) is 0 Å². The quantitative estimate of drug-likeness (QED) is 0.434. The molecule has 112 valence electrons. The van der Waals surface area contributed by atoms with Crippen molar-refractivity contribution in [1.29, 1.82) is 0 Å². The van der Waals surface area contributed by atoms with Gasteiger partial charge in [0.2, 0.25) is 0 Å². The average Bonchev–Trinajstić information content (AvgIpc) is 2.40. The van der Waals surface area contributed by atoms with Crippen LogP contribution in [0.5, 0.6) is 0 Å². The highest BCUT2D eigenvalue weighted by Crippen LogP contribution is 2.38. The van der Waals surface area contributed by atoms with Crippen molar-refractivity contribution in [3.05, 3.63) is 69.2 Å². The van der Waals surface area contributed by atoms with Gasteiger partial charge in [0.05, 0.1) is 15.4 Å². The lowest BCUT2D eigenvalue weighted by Gasteiger charge is -2.15. The first kappa shape index (κ1) is 16.2. The molecule has 0 nitrogen and oxygen atoms in total.